The molecule has 2 aromatic rings. The predicted octanol–water partition coefficient (Wildman–Crippen LogP) is 5.76. The van der Waals surface area contributed by atoms with Crippen LogP contribution in [0.1, 0.15) is 50.3 Å². The Morgan fingerprint density at radius 3 is 2.15 bits per heavy atom. The van der Waals surface area contributed by atoms with Gasteiger partial charge in [-0.05, 0) is 75.1 Å². The van der Waals surface area contributed by atoms with Crippen molar-refractivity contribution in [2.45, 2.75) is 53.5 Å². The minimum Gasteiger partial charge on any atom is -0.496 e. The topological polar surface area (TPSA) is 59.6 Å². The van der Waals surface area contributed by atoms with Gasteiger partial charge in [-0.15, -0.1) is 0 Å². The Morgan fingerprint density at radius 2 is 1.63 bits per heavy atom. The zero-order chi connectivity index (χ0) is 20.1. The van der Waals surface area contributed by atoms with Crippen LogP contribution in [0.4, 0.5) is 10.5 Å². The number of benzene rings is 2. The molecular formula is C22H30N2O3. The van der Waals surface area contributed by atoms with Crippen molar-refractivity contribution in [3.05, 3.63) is 47.0 Å². The minimum absolute atomic E-state index is 0.0834. The highest BCUT2D eigenvalue weighted by Gasteiger charge is 2.13. The van der Waals surface area contributed by atoms with Crippen LogP contribution in [-0.2, 0) is 0 Å². The molecule has 0 saturated carbocycles. The van der Waals surface area contributed by atoms with Crippen LogP contribution in [0, 0.1) is 13.8 Å². The number of amides is 2. The molecule has 0 fully saturated rings. The Morgan fingerprint density at radius 1 is 1.00 bits per heavy atom. The van der Waals surface area contributed by atoms with E-state index in [1.807, 2.05) is 58.0 Å². The quantitative estimate of drug-likeness (QED) is 0.680. The van der Waals surface area contributed by atoms with Gasteiger partial charge in [0.25, 0.3) is 0 Å². The summed E-state index contributed by atoms with van der Waals surface area (Å²) in [6.45, 7) is 12.0. The van der Waals surface area contributed by atoms with Crippen molar-refractivity contribution >= 4 is 11.7 Å². The normalized spacial score (nSPS) is 10.9. The number of carbonyl (C=O) groups is 1. The molecular weight excluding hydrogens is 340 g/mol. The van der Waals surface area contributed by atoms with Gasteiger partial charge < -0.3 is 20.1 Å². The second kappa shape index (κ2) is 8.80. The average Bonchev–Trinajstić information content (AvgIpc) is 2.57. The number of hydrogen-bond donors (Lipinski definition) is 2. The van der Waals surface area contributed by atoms with Gasteiger partial charge >= 0.3 is 6.03 Å². The van der Waals surface area contributed by atoms with Crippen LogP contribution < -0.4 is 20.1 Å². The number of urea groups is 1. The van der Waals surface area contributed by atoms with E-state index in [0.717, 1.165) is 39.6 Å². The van der Waals surface area contributed by atoms with Crippen molar-refractivity contribution in [2.24, 2.45) is 0 Å². The van der Waals surface area contributed by atoms with Crippen molar-refractivity contribution in [1.82, 2.24) is 5.32 Å². The Hall–Kier alpha value is -2.69. The summed E-state index contributed by atoms with van der Waals surface area (Å²) >= 11 is 0. The molecule has 0 heterocycles. The molecule has 2 amide bonds. The van der Waals surface area contributed by atoms with Gasteiger partial charge in [0.05, 0.1) is 7.11 Å². The summed E-state index contributed by atoms with van der Waals surface area (Å²) in [6.07, 6.45) is 0. The Bertz CT molecular complexity index is 790. The number of nitrogens with one attached hydrogen (secondary N) is 2. The summed E-state index contributed by atoms with van der Waals surface area (Å²) in [5.74, 6) is 2.76. The molecule has 2 rings (SSSR count). The Balaban J connectivity index is 2.25. The Labute approximate surface area is 162 Å². The molecule has 5 heteroatoms. The average molecular weight is 370 g/mol. The van der Waals surface area contributed by atoms with Gasteiger partial charge in [0.1, 0.15) is 17.2 Å². The van der Waals surface area contributed by atoms with E-state index < -0.39 is 0 Å². The van der Waals surface area contributed by atoms with Crippen LogP contribution >= 0.6 is 0 Å². The van der Waals surface area contributed by atoms with E-state index >= 15 is 0 Å². The smallest absolute Gasteiger partial charge is 0.319 e. The molecule has 5 nitrogen and oxygen atoms in total. The molecule has 0 unspecified atom stereocenters. The highest BCUT2D eigenvalue weighted by atomic mass is 16.5. The second-order valence-electron chi connectivity index (χ2n) is 7.35. The molecule has 0 aliphatic heterocycles. The lowest BCUT2D eigenvalue weighted by atomic mass is 10.0. The maximum absolute atomic E-state index is 11.9. The first-order valence-corrected chi connectivity index (χ1v) is 9.25. The van der Waals surface area contributed by atoms with Crippen molar-refractivity contribution in [2.75, 3.05) is 12.4 Å². The highest BCUT2D eigenvalue weighted by molar-refractivity contribution is 5.89. The highest BCUT2D eigenvalue weighted by Crippen LogP contribution is 2.35. The van der Waals surface area contributed by atoms with Crippen molar-refractivity contribution in [3.63, 3.8) is 0 Å². The van der Waals surface area contributed by atoms with Crippen LogP contribution in [-0.4, -0.2) is 19.2 Å². The summed E-state index contributed by atoms with van der Waals surface area (Å²) in [6, 6.07) is 9.55. The van der Waals surface area contributed by atoms with Crippen molar-refractivity contribution in [1.29, 1.82) is 0 Å². The van der Waals surface area contributed by atoms with Gasteiger partial charge in [0.2, 0.25) is 0 Å². The summed E-state index contributed by atoms with van der Waals surface area (Å²) in [5, 5.41) is 5.68. The van der Waals surface area contributed by atoms with E-state index in [-0.39, 0.29) is 12.1 Å². The first-order valence-electron chi connectivity index (χ1n) is 9.25. The number of carbonyl (C=O) groups excluding carboxylic acids is 1. The van der Waals surface area contributed by atoms with E-state index in [1.165, 1.54) is 0 Å². The zero-order valence-corrected chi connectivity index (χ0v) is 17.3. The SMILES string of the molecule is COc1ccc(Oc2c(C)cc(NC(=O)NC(C)C)cc2C)cc1C(C)C. The van der Waals surface area contributed by atoms with E-state index in [4.69, 9.17) is 9.47 Å². The largest absolute Gasteiger partial charge is 0.496 e. The molecule has 146 valence electrons. The fourth-order valence-electron chi connectivity index (χ4n) is 2.96. The number of ether oxygens (including phenoxy) is 2. The second-order valence-corrected chi connectivity index (χ2v) is 7.35. The van der Waals surface area contributed by atoms with E-state index in [1.54, 1.807) is 7.11 Å². The van der Waals surface area contributed by atoms with Gasteiger partial charge in [-0.25, -0.2) is 4.79 Å². The lowest BCUT2D eigenvalue weighted by molar-refractivity contribution is 0.250. The van der Waals surface area contributed by atoms with Gasteiger partial charge in [0, 0.05) is 17.3 Å². The minimum atomic E-state index is -0.214. The van der Waals surface area contributed by atoms with Crippen molar-refractivity contribution in [3.8, 4) is 17.2 Å². The fraction of sp³-hybridized carbons (Fsp3) is 0.409. The standard InChI is InChI=1S/C22H30N2O3/c1-13(2)19-12-18(8-9-20(19)26-7)27-21-15(5)10-17(11-16(21)6)24-22(25)23-14(3)4/h8-14H,1-7H3,(H2,23,24,25). The molecule has 0 aromatic heterocycles. The number of anilines is 1. The molecule has 0 spiro atoms. The van der Waals surface area contributed by atoms with E-state index in [0.29, 0.717) is 5.92 Å². The lowest BCUT2D eigenvalue weighted by Crippen LogP contribution is -2.34. The predicted molar refractivity (Wildman–Crippen MR) is 110 cm³/mol. The van der Waals surface area contributed by atoms with Crippen LogP contribution in [0.3, 0.4) is 0 Å². The van der Waals surface area contributed by atoms with Crippen LogP contribution in [0.2, 0.25) is 0 Å². The summed E-state index contributed by atoms with van der Waals surface area (Å²) in [5.41, 5.74) is 3.76. The molecule has 0 bridgehead atoms. The van der Waals surface area contributed by atoms with Gasteiger partial charge in [0.15, 0.2) is 0 Å². The van der Waals surface area contributed by atoms with Gasteiger partial charge in [-0.2, -0.15) is 0 Å². The van der Waals surface area contributed by atoms with E-state index in [9.17, 15) is 4.79 Å². The third kappa shape index (κ3) is 5.39. The van der Waals surface area contributed by atoms with Gasteiger partial charge in [-0.1, -0.05) is 13.8 Å². The first kappa shape index (κ1) is 20.6. The molecule has 0 aliphatic rings. The van der Waals surface area contributed by atoms with Crippen LogP contribution in [0.15, 0.2) is 30.3 Å². The van der Waals surface area contributed by atoms with Gasteiger partial charge in [-0.3, -0.25) is 0 Å². The Kier molecular flexibility index (Phi) is 6.72. The van der Waals surface area contributed by atoms with Crippen molar-refractivity contribution < 1.29 is 14.3 Å². The third-order valence-electron chi connectivity index (χ3n) is 4.18. The summed E-state index contributed by atoms with van der Waals surface area (Å²) in [4.78, 5) is 11.9. The molecule has 2 N–H and O–H groups in total. The maximum atomic E-state index is 11.9. The fourth-order valence-corrected chi connectivity index (χ4v) is 2.96. The van der Waals surface area contributed by atoms with E-state index in [2.05, 4.69) is 24.5 Å². The number of hydrogen-bond acceptors (Lipinski definition) is 3. The summed E-state index contributed by atoms with van der Waals surface area (Å²) < 4.78 is 11.6. The molecule has 0 radical (unpaired) electrons. The summed E-state index contributed by atoms with van der Waals surface area (Å²) in [7, 11) is 1.68. The van der Waals surface area contributed by atoms with Crippen LogP contribution in [0.5, 0.6) is 17.2 Å². The number of rotatable bonds is 6. The molecule has 27 heavy (non-hydrogen) atoms. The molecule has 2 aromatic carbocycles. The number of methoxy groups -OCH3 is 1. The van der Waals surface area contributed by atoms with Crippen LogP contribution in [0.25, 0.3) is 0 Å². The number of aryl methyl sites for hydroxylation is 2. The monoisotopic (exact) mass is 370 g/mol. The maximum Gasteiger partial charge on any atom is 0.319 e. The molecule has 0 aliphatic carbocycles. The third-order valence-corrected chi connectivity index (χ3v) is 4.18. The zero-order valence-electron chi connectivity index (χ0n) is 17.3. The molecule has 0 atom stereocenters. The molecule has 0 saturated heterocycles. The lowest BCUT2D eigenvalue weighted by Gasteiger charge is -2.17. The first-order chi connectivity index (χ1) is 12.7.